The topological polar surface area (TPSA) is 104 Å². The summed E-state index contributed by atoms with van der Waals surface area (Å²) >= 11 is 0. The van der Waals surface area contributed by atoms with Gasteiger partial charge in [0.1, 0.15) is 5.75 Å². The third kappa shape index (κ3) is 2.05. The molecule has 0 aliphatic heterocycles. The Morgan fingerprint density at radius 3 is 2.94 bits per heavy atom. The summed E-state index contributed by atoms with van der Waals surface area (Å²) in [7, 11) is 0. The van der Waals surface area contributed by atoms with Gasteiger partial charge in [0, 0.05) is 0 Å². The van der Waals surface area contributed by atoms with E-state index in [1.54, 1.807) is 19.1 Å². The van der Waals surface area contributed by atoms with E-state index < -0.39 is 5.91 Å². The number of para-hydroxylation sites is 1. The molecular formula is C11H12N4O2. The summed E-state index contributed by atoms with van der Waals surface area (Å²) in [5.41, 5.74) is 6.73. The molecule has 0 bridgehead atoms. The number of anilines is 2. The lowest BCUT2D eigenvalue weighted by atomic mass is 10.1. The molecule has 2 rings (SSSR count). The van der Waals surface area contributed by atoms with Crippen LogP contribution in [-0.2, 0) is 0 Å². The number of nitrogens with one attached hydrogen (secondary N) is 2. The Kier molecular flexibility index (Phi) is 2.70. The molecule has 6 heteroatoms. The van der Waals surface area contributed by atoms with E-state index in [1.165, 1.54) is 12.3 Å². The molecule has 0 saturated heterocycles. The van der Waals surface area contributed by atoms with Crippen molar-refractivity contribution in [2.75, 3.05) is 11.1 Å². The molecular weight excluding hydrogens is 220 g/mol. The lowest BCUT2D eigenvalue weighted by Crippen LogP contribution is -2.13. The number of benzene rings is 1. The molecule has 0 unspecified atom stereocenters. The minimum atomic E-state index is -0.442. The number of aromatic amines is 1. The Morgan fingerprint density at radius 2 is 2.29 bits per heavy atom. The number of carbonyl (C=O) groups excluding carboxylic acids is 1. The minimum absolute atomic E-state index is 0.0388. The van der Waals surface area contributed by atoms with Gasteiger partial charge >= 0.3 is 0 Å². The van der Waals surface area contributed by atoms with Gasteiger partial charge in [0.05, 0.1) is 17.4 Å². The number of hydrogen-bond acceptors (Lipinski definition) is 4. The van der Waals surface area contributed by atoms with Crippen LogP contribution in [0.25, 0.3) is 0 Å². The molecule has 0 aliphatic rings. The van der Waals surface area contributed by atoms with Gasteiger partial charge in [-0.05, 0) is 18.6 Å². The van der Waals surface area contributed by atoms with E-state index in [0.29, 0.717) is 17.1 Å². The van der Waals surface area contributed by atoms with Crippen molar-refractivity contribution in [1.82, 2.24) is 10.2 Å². The van der Waals surface area contributed by atoms with E-state index in [0.717, 1.165) is 0 Å². The normalized spacial score (nSPS) is 10.2. The highest BCUT2D eigenvalue weighted by atomic mass is 16.3. The number of nitrogens with zero attached hydrogens (tertiary/aromatic N) is 1. The monoisotopic (exact) mass is 232 g/mol. The molecule has 2 aromatic rings. The number of carbonyl (C=O) groups is 1. The van der Waals surface area contributed by atoms with Gasteiger partial charge in [-0.2, -0.15) is 5.10 Å². The number of amides is 1. The van der Waals surface area contributed by atoms with Crippen LogP contribution >= 0.6 is 0 Å². The van der Waals surface area contributed by atoms with E-state index in [2.05, 4.69) is 15.5 Å². The largest absolute Gasteiger partial charge is 0.507 e. The second kappa shape index (κ2) is 4.17. The van der Waals surface area contributed by atoms with Crippen LogP contribution in [0.5, 0.6) is 5.75 Å². The Balaban J connectivity index is 2.27. The molecule has 88 valence electrons. The molecule has 6 nitrogen and oxygen atoms in total. The fraction of sp³-hybridized carbons (Fsp3) is 0.0909. The van der Waals surface area contributed by atoms with Crippen molar-refractivity contribution in [3.63, 3.8) is 0 Å². The Bertz CT molecular complexity index is 562. The summed E-state index contributed by atoms with van der Waals surface area (Å²) in [6.45, 7) is 1.72. The van der Waals surface area contributed by atoms with E-state index in [4.69, 9.17) is 5.73 Å². The van der Waals surface area contributed by atoms with Crippen LogP contribution in [0.4, 0.5) is 11.5 Å². The van der Waals surface area contributed by atoms with Crippen LogP contribution in [0.2, 0.25) is 0 Å². The Morgan fingerprint density at radius 1 is 1.53 bits per heavy atom. The molecule has 1 amide bonds. The van der Waals surface area contributed by atoms with Crippen molar-refractivity contribution in [2.24, 2.45) is 0 Å². The predicted molar refractivity (Wildman–Crippen MR) is 63.8 cm³/mol. The molecule has 0 spiro atoms. The van der Waals surface area contributed by atoms with Crippen molar-refractivity contribution in [2.45, 2.75) is 6.92 Å². The molecule has 0 radical (unpaired) electrons. The molecule has 17 heavy (non-hydrogen) atoms. The number of H-pyrrole nitrogens is 1. The maximum absolute atomic E-state index is 11.9. The van der Waals surface area contributed by atoms with Crippen molar-refractivity contribution >= 4 is 17.4 Å². The molecule has 5 N–H and O–H groups in total. The molecule has 1 aromatic carbocycles. The standard InChI is InChI=1S/C11H12N4O2/c1-6-3-2-4-7(9(6)16)11(17)14-10-8(12)5-13-15-10/h2-5,16H,12H2,1H3,(H2,13,14,15,17). The first-order valence-electron chi connectivity index (χ1n) is 4.98. The number of nitrogens with two attached hydrogens (primary N) is 1. The number of phenols is 1. The van der Waals surface area contributed by atoms with Gasteiger partial charge in [-0.25, -0.2) is 0 Å². The highest BCUT2D eigenvalue weighted by molar-refractivity contribution is 6.06. The maximum atomic E-state index is 11.9. The third-order valence-corrected chi connectivity index (χ3v) is 2.39. The lowest BCUT2D eigenvalue weighted by Gasteiger charge is -2.07. The quantitative estimate of drug-likeness (QED) is 0.625. The summed E-state index contributed by atoms with van der Waals surface area (Å²) in [4.78, 5) is 11.9. The number of aryl methyl sites for hydroxylation is 1. The maximum Gasteiger partial charge on any atom is 0.260 e. The number of aromatic nitrogens is 2. The van der Waals surface area contributed by atoms with Gasteiger partial charge in [0.15, 0.2) is 5.82 Å². The minimum Gasteiger partial charge on any atom is -0.507 e. The summed E-state index contributed by atoms with van der Waals surface area (Å²) < 4.78 is 0. The van der Waals surface area contributed by atoms with Gasteiger partial charge in [-0.3, -0.25) is 9.89 Å². The Labute approximate surface area is 97.5 Å². The molecule has 1 heterocycles. The van der Waals surface area contributed by atoms with Crippen LogP contribution in [0, 0.1) is 6.92 Å². The van der Waals surface area contributed by atoms with E-state index in [9.17, 15) is 9.90 Å². The molecule has 0 atom stereocenters. The summed E-state index contributed by atoms with van der Waals surface area (Å²) in [5, 5.41) is 18.5. The summed E-state index contributed by atoms with van der Waals surface area (Å²) in [5.74, 6) is -0.166. The average molecular weight is 232 g/mol. The lowest BCUT2D eigenvalue weighted by molar-refractivity contribution is 0.102. The zero-order valence-corrected chi connectivity index (χ0v) is 9.19. The fourth-order valence-electron chi connectivity index (χ4n) is 1.42. The molecule has 0 aliphatic carbocycles. The van der Waals surface area contributed by atoms with Crippen molar-refractivity contribution in [3.05, 3.63) is 35.5 Å². The molecule has 0 saturated carbocycles. The second-order valence-corrected chi connectivity index (χ2v) is 3.63. The highest BCUT2D eigenvalue weighted by Gasteiger charge is 2.14. The first kappa shape index (κ1) is 11.0. The molecule has 0 fully saturated rings. The molecule has 1 aromatic heterocycles. The van der Waals surface area contributed by atoms with Gasteiger partial charge in [0.25, 0.3) is 5.91 Å². The summed E-state index contributed by atoms with van der Waals surface area (Å²) in [6, 6.07) is 4.95. The van der Waals surface area contributed by atoms with Crippen LogP contribution in [0.1, 0.15) is 15.9 Å². The SMILES string of the molecule is Cc1cccc(C(=O)Nc2[nH]ncc2N)c1O. The van der Waals surface area contributed by atoms with Gasteiger partial charge in [-0.15, -0.1) is 0 Å². The zero-order valence-electron chi connectivity index (χ0n) is 9.19. The van der Waals surface area contributed by atoms with E-state index in [-0.39, 0.29) is 11.3 Å². The number of nitrogen functional groups attached to an aromatic ring is 1. The van der Waals surface area contributed by atoms with Crippen molar-refractivity contribution in [1.29, 1.82) is 0 Å². The van der Waals surface area contributed by atoms with Crippen LogP contribution < -0.4 is 11.1 Å². The fourth-order valence-corrected chi connectivity index (χ4v) is 1.42. The highest BCUT2D eigenvalue weighted by Crippen LogP contribution is 2.23. The third-order valence-electron chi connectivity index (χ3n) is 2.39. The number of hydrogen-bond donors (Lipinski definition) is 4. The number of aromatic hydroxyl groups is 1. The summed E-state index contributed by atoms with van der Waals surface area (Å²) in [6.07, 6.45) is 1.39. The smallest absolute Gasteiger partial charge is 0.260 e. The average Bonchev–Trinajstić information content (AvgIpc) is 2.68. The second-order valence-electron chi connectivity index (χ2n) is 3.63. The predicted octanol–water partition coefficient (Wildman–Crippen LogP) is 1.26. The number of rotatable bonds is 2. The first-order valence-corrected chi connectivity index (χ1v) is 4.98. The number of phenolic OH excluding ortho intramolecular Hbond substituents is 1. The van der Waals surface area contributed by atoms with Gasteiger partial charge in [0.2, 0.25) is 0 Å². The Hall–Kier alpha value is -2.50. The van der Waals surface area contributed by atoms with Crippen LogP contribution in [0.15, 0.2) is 24.4 Å². The first-order chi connectivity index (χ1) is 8.09. The zero-order chi connectivity index (χ0) is 12.4. The van der Waals surface area contributed by atoms with Crippen LogP contribution in [0.3, 0.4) is 0 Å². The van der Waals surface area contributed by atoms with Gasteiger partial charge < -0.3 is 16.2 Å². The van der Waals surface area contributed by atoms with Gasteiger partial charge in [-0.1, -0.05) is 12.1 Å². The van der Waals surface area contributed by atoms with E-state index >= 15 is 0 Å². The van der Waals surface area contributed by atoms with Crippen molar-refractivity contribution in [3.8, 4) is 5.75 Å². The van der Waals surface area contributed by atoms with Crippen molar-refractivity contribution < 1.29 is 9.90 Å². The van der Waals surface area contributed by atoms with E-state index in [1.807, 2.05) is 0 Å². The van der Waals surface area contributed by atoms with Crippen LogP contribution in [-0.4, -0.2) is 21.2 Å².